The molecule has 18 heavy (non-hydrogen) atoms. The first-order valence-electron chi connectivity index (χ1n) is 6.43. The topological polar surface area (TPSA) is 12.0 Å². The third-order valence-electron chi connectivity index (χ3n) is 4.22. The largest absolute Gasteiger partial charge is 0.309 e. The lowest BCUT2D eigenvalue weighted by molar-refractivity contribution is 0.500. The van der Waals surface area contributed by atoms with Gasteiger partial charge in [0.1, 0.15) is 5.82 Å². The molecule has 2 heterocycles. The van der Waals surface area contributed by atoms with Gasteiger partial charge < -0.3 is 5.32 Å². The van der Waals surface area contributed by atoms with Gasteiger partial charge in [-0.1, -0.05) is 30.3 Å². The maximum atomic E-state index is 13.5. The van der Waals surface area contributed by atoms with Crippen LogP contribution in [0.3, 0.4) is 0 Å². The smallest absolute Gasteiger partial charge is 0.123 e. The van der Waals surface area contributed by atoms with E-state index in [1.807, 2.05) is 6.07 Å². The van der Waals surface area contributed by atoms with Crippen molar-refractivity contribution in [1.82, 2.24) is 5.32 Å². The van der Waals surface area contributed by atoms with Crippen LogP contribution in [0.5, 0.6) is 0 Å². The summed E-state index contributed by atoms with van der Waals surface area (Å²) in [6, 6.07) is 14.2. The highest BCUT2D eigenvalue weighted by Gasteiger charge is 2.33. The summed E-state index contributed by atoms with van der Waals surface area (Å²) in [6.07, 6.45) is 0.961. The lowest BCUT2D eigenvalue weighted by Gasteiger charge is -2.28. The molecule has 0 unspecified atom stereocenters. The van der Waals surface area contributed by atoms with Crippen molar-refractivity contribution in [3.05, 3.63) is 70.5 Å². The van der Waals surface area contributed by atoms with E-state index in [4.69, 9.17) is 0 Å². The molecule has 0 aromatic heterocycles. The number of rotatable bonds is 0. The first kappa shape index (κ1) is 10.3. The molecule has 2 heteroatoms. The molecular weight excluding hydrogens is 225 g/mol. The van der Waals surface area contributed by atoms with Gasteiger partial charge in [0.05, 0.1) is 0 Å². The fourth-order valence-corrected chi connectivity index (χ4v) is 3.38. The summed E-state index contributed by atoms with van der Waals surface area (Å²) in [5.41, 5.74) is 5.19. The second-order valence-corrected chi connectivity index (χ2v) is 5.19. The summed E-state index contributed by atoms with van der Waals surface area (Å²) in [5, 5.41) is 3.58. The molecule has 2 aromatic rings. The summed E-state index contributed by atoms with van der Waals surface area (Å²) in [6.45, 7) is 0.915. The highest BCUT2D eigenvalue weighted by molar-refractivity contribution is 5.48. The second-order valence-electron chi connectivity index (χ2n) is 5.19. The Bertz CT molecular complexity index is 620. The van der Waals surface area contributed by atoms with Crippen molar-refractivity contribution in [2.45, 2.75) is 18.4 Å². The molecule has 0 amide bonds. The number of benzene rings is 2. The Balaban J connectivity index is 1.99. The molecule has 2 aromatic carbocycles. The van der Waals surface area contributed by atoms with Crippen LogP contribution in [0.15, 0.2) is 42.5 Å². The third-order valence-corrected chi connectivity index (χ3v) is 4.22. The van der Waals surface area contributed by atoms with Crippen LogP contribution in [0, 0.1) is 5.82 Å². The van der Waals surface area contributed by atoms with Crippen molar-refractivity contribution < 1.29 is 4.39 Å². The Hall–Kier alpha value is -1.67. The molecule has 0 saturated carbocycles. The van der Waals surface area contributed by atoms with E-state index in [0.29, 0.717) is 12.0 Å². The van der Waals surface area contributed by atoms with Crippen molar-refractivity contribution in [3.63, 3.8) is 0 Å². The SMILES string of the molecule is Fc1ccc2c(c1)[C@@H]1CN[C@H](C2)c2ccccc21. The number of fused-ring (bicyclic) bond motifs is 1. The predicted molar refractivity (Wildman–Crippen MR) is 69.1 cm³/mol. The van der Waals surface area contributed by atoms with Gasteiger partial charge in [0.25, 0.3) is 0 Å². The van der Waals surface area contributed by atoms with Gasteiger partial charge in [-0.05, 0) is 40.8 Å². The van der Waals surface area contributed by atoms with Crippen LogP contribution in [0.2, 0.25) is 0 Å². The minimum Gasteiger partial charge on any atom is -0.309 e. The first-order valence-corrected chi connectivity index (χ1v) is 6.43. The van der Waals surface area contributed by atoms with Crippen molar-refractivity contribution in [2.75, 3.05) is 6.54 Å². The van der Waals surface area contributed by atoms with E-state index in [-0.39, 0.29) is 5.82 Å². The van der Waals surface area contributed by atoms with Gasteiger partial charge in [0.2, 0.25) is 0 Å². The summed E-state index contributed by atoms with van der Waals surface area (Å²) in [4.78, 5) is 0. The molecule has 0 radical (unpaired) electrons. The van der Waals surface area contributed by atoms with Crippen molar-refractivity contribution in [3.8, 4) is 0 Å². The first-order chi connectivity index (χ1) is 8.83. The Morgan fingerprint density at radius 1 is 1.00 bits per heavy atom. The van der Waals surface area contributed by atoms with E-state index >= 15 is 0 Å². The quantitative estimate of drug-likeness (QED) is 0.744. The Morgan fingerprint density at radius 2 is 1.83 bits per heavy atom. The second kappa shape index (κ2) is 3.66. The highest BCUT2D eigenvalue weighted by atomic mass is 19.1. The zero-order chi connectivity index (χ0) is 12.1. The minimum atomic E-state index is -0.128. The minimum absolute atomic E-state index is 0.128. The molecule has 2 bridgehead atoms. The molecular formula is C16H14FN. The molecule has 0 spiro atoms. The van der Waals surface area contributed by atoms with Gasteiger partial charge in [0, 0.05) is 18.5 Å². The van der Waals surface area contributed by atoms with Crippen molar-refractivity contribution >= 4 is 0 Å². The fraction of sp³-hybridized carbons (Fsp3) is 0.250. The molecule has 1 nitrogen and oxygen atoms in total. The lowest BCUT2D eigenvalue weighted by atomic mass is 9.85. The number of hydrogen-bond donors (Lipinski definition) is 1. The number of nitrogens with one attached hydrogen (secondary N) is 1. The molecule has 1 N–H and O–H groups in total. The standard InChI is InChI=1S/C16H14FN/c17-11-6-5-10-7-16-13-4-2-1-3-12(13)15(9-18-16)14(10)8-11/h1-6,8,15-16,18H,7,9H2/t15-,16-/m1/s1. The zero-order valence-electron chi connectivity index (χ0n) is 9.99. The van der Waals surface area contributed by atoms with E-state index in [0.717, 1.165) is 18.5 Å². The van der Waals surface area contributed by atoms with Crippen LogP contribution in [-0.4, -0.2) is 6.54 Å². The van der Waals surface area contributed by atoms with E-state index < -0.39 is 0 Å². The van der Waals surface area contributed by atoms with Gasteiger partial charge in [-0.25, -0.2) is 4.39 Å². The molecule has 0 fully saturated rings. The molecule has 0 saturated heterocycles. The molecule has 1 aliphatic carbocycles. The molecule has 3 aliphatic rings. The average molecular weight is 239 g/mol. The van der Waals surface area contributed by atoms with E-state index in [2.05, 4.69) is 29.6 Å². The Morgan fingerprint density at radius 3 is 2.72 bits per heavy atom. The highest BCUT2D eigenvalue weighted by Crippen LogP contribution is 2.41. The van der Waals surface area contributed by atoms with Crippen molar-refractivity contribution in [1.29, 1.82) is 0 Å². The van der Waals surface area contributed by atoms with Gasteiger partial charge in [-0.3, -0.25) is 0 Å². The third kappa shape index (κ3) is 1.36. The zero-order valence-corrected chi connectivity index (χ0v) is 9.99. The van der Waals surface area contributed by atoms with Crippen LogP contribution in [0.4, 0.5) is 4.39 Å². The maximum Gasteiger partial charge on any atom is 0.123 e. The molecule has 5 rings (SSSR count). The predicted octanol–water partition coefficient (Wildman–Crippen LogP) is 3.16. The summed E-state index contributed by atoms with van der Waals surface area (Å²) >= 11 is 0. The monoisotopic (exact) mass is 239 g/mol. The number of hydrogen-bond acceptors (Lipinski definition) is 1. The van der Waals surface area contributed by atoms with Gasteiger partial charge >= 0.3 is 0 Å². The van der Waals surface area contributed by atoms with E-state index in [9.17, 15) is 4.39 Å². The Kier molecular flexibility index (Phi) is 2.09. The van der Waals surface area contributed by atoms with E-state index in [1.165, 1.54) is 16.7 Å². The molecule has 90 valence electrons. The van der Waals surface area contributed by atoms with Crippen LogP contribution in [0.1, 0.15) is 34.2 Å². The van der Waals surface area contributed by atoms with Crippen molar-refractivity contribution in [2.24, 2.45) is 0 Å². The van der Waals surface area contributed by atoms with Crippen LogP contribution in [-0.2, 0) is 6.42 Å². The van der Waals surface area contributed by atoms with Crippen LogP contribution in [0.25, 0.3) is 0 Å². The van der Waals surface area contributed by atoms with Gasteiger partial charge in [-0.2, -0.15) is 0 Å². The number of halogens is 1. The fourth-order valence-electron chi connectivity index (χ4n) is 3.38. The molecule has 2 atom stereocenters. The molecule has 2 aliphatic heterocycles. The summed E-state index contributed by atoms with van der Waals surface area (Å²) in [5.74, 6) is 0.169. The van der Waals surface area contributed by atoms with Crippen LogP contribution < -0.4 is 5.32 Å². The normalized spacial score (nSPS) is 24.3. The maximum absolute atomic E-state index is 13.5. The average Bonchev–Trinajstić information content (AvgIpc) is 2.65. The van der Waals surface area contributed by atoms with Gasteiger partial charge in [0.15, 0.2) is 0 Å². The summed E-state index contributed by atoms with van der Waals surface area (Å²) in [7, 11) is 0. The van der Waals surface area contributed by atoms with Gasteiger partial charge in [-0.15, -0.1) is 0 Å². The van der Waals surface area contributed by atoms with Crippen LogP contribution >= 0.6 is 0 Å². The summed E-state index contributed by atoms with van der Waals surface area (Å²) < 4.78 is 13.5. The lowest BCUT2D eigenvalue weighted by Crippen LogP contribution is -2.31. The Labute approximate surface area is 106 Å². The van der Waals surface area contributed by atoms with E-state index in [1.54, 1.807) is 12.1 Å².